The van der Waals surface area contributed by atoms with E-state index in [9.17, 15) is 8.42 Å². The number of nitrogens with zero attached hydrogens (tertiary/aromatic N) is 1. The lowest BCUT2D eigenvalue weighted by Crippen LogP contribution is -2.44. The summed E-state index contributed by atoms with van der Waals surface area (Å²) in [6.07, 6.45) is 2.77. The number of hydrogen-bond acceptors (Lipinski definition) is 4. The zero-order chi connectivity index (χ0) is 17.7. The highest BCUT2D eigenvalue weighted by molar-refractivity contribution is 7.88. The van der Waals surface area contributed by atoms with Gasteiger partial charge in [-0.1, -0.05) is 65.8 Å². The van der Waals surface area contributed by atoms with Crippen LogP contribution in [0.25, 0.3) is 0 Å². The molecule has 1 aliphatic rings. The Morgan fingerprint density at radius 2 is 1.68 bits per heavy atom. The molecule has 0 amide bonds. The molecule has 1 heterocycles. The lowest BCUT2D eigenvalue weighted by atomic mass is 9.97. The molecule has 0 fully saturated rings. The van der Waals surface area contributed by atoms with Gasteiger partial charge in [-0.3, -0.25) is 0 Å². The van der Waals surface area contributed by atoms with Gasteiger partial charge in [-0.25, -0.2) is 13.1 Å². The van der Waals surface area contributed by atoms with Crippen molar-refractivity contribution in [2.24, 2.45) is 5.16 Å². The summed E-state index contributed by atoms with van der Waals surface area (Å²) in [4.78, 5) is 5.58. The number of rotatable bonds is 7. The van der Waals surface area contributed by atoms with E-state index in [0.717, 1.165) is 11.3 Å². The number of sulfonamides is 1. The molecule has 2 aromatic carbocycles. The zero-order valence-corrected chi connectivity index (χ0v) is 14.9. The molecule has 0 aromatic heterocycles. The van der Waals surface area contributed by atoms with Gasteiger partial charge >= 0.3 is 0 Å². The van der Waals surface area contributed by atoms with Crippen molar-refractivity contribution in [1.29, 1.82) is 0 Å². The number of hydrogen-bond donors (Lipinski definition) is 1. The first-order chi connectivity index (χ1) is 12.0. The van der Waals surface area contributed by atoms with Crippen molar-refractivity contribution in [3.05, 3.63) is 71.8 Å². The van der Waals surface area contributed by atoms with E-state index < -0.39 is 10.0 Å². The molecule has 2 unspecified atom stereocenters. The van der Waals surface area contributed by atoms with Crippen molar-refractivity contribution in [1.82, 2.24) is 4.72 Å². The van der Waals surface area contributed by atoms with Gasteiger partial charge in [0, 0.05) is 12.8 Å². The molecule has 6 heteroatoms. The second-order valence-corrected chi connectivity index (χ2v) is 8.13. The Morgan fingerprint density at radius 1 is 1.08 bits per heavy atom. The molecule has 0 saturated carbocycles. The average Bonchev–Trinajstić information content (AvgIpc) is 3.03. The topological polar surface area (TPSA) is 67.8 Å². The number of nitrogens with one attached hydrogen (secondary N) is 1. The average molecular weight is 358 g/mol. The van der Waals surface area contributed by atoms with Gasteiger partial charge in [-0.15, -0.1) is 0 Å². The van der Waals surface area contributed by atoms with Crippen LogP contribution in [0.5, 0.6) is 0 Å². The van der Waals surface area contributed by atoms with Crippen molar-refractivity contribution in [2.45, 2.75) is 31.4 Å². The van der Waals surface area contributed by atoms with Crippen LogP contribution < -0.4 is 4.72 Å². The van der Waals surface area contributed by atoms with Crippen LogP contribution >= 0.6 is 0 Å². The highest BCUT2D eigenvalue weighted by Crippen LogP contribution is 2.20. The van der Waals surface area contributed by atoms with Crippen molar-refractivity contribution in [2.75, 3.05) is 6.26 Å². The van der Waals surface area contributed by atoms with Crippen LogP contribution in [0.3, 0.4) is 0 Å². The van der Waals surface area contributed by atoms with Gasteiger partial charge < -0.3 is 4.84 Å². The highest BCUT2D eigenvalue weighted by atomic mass is 32.2. The third-order valence-electron chi connectivity index (χ3n) is 4.12. The fraction of sp³-hybridized carbons (Fsp3) is 0.316. The Morgan fingerprint density at radius 3 is 2.28 bits per heavy atom. The van der Waals surface area contributed by atoms with Crippen LogP contribution in [0.4, 0.5) is 0 Å². The molecule has 5 nitrogen and oxygen atoms in total. The van der Waals surface area contributed by atoms with E-state index >= 15 is 0 Å². The second-order valence-electron chi connectivity index (χ2n) is 6.35. The summed E-state index contributed by atoms with van der Waals surface area (Å²) in [5, 5.41) is 4.19. The van der Waals surface area contributed by atoms with E-state index in [1.807, 2.05) is 60.7 Å². The quantitative estimate of drug-likeness (QED) is 0.827. The van der Waals surface area contributed by atoms with E-state index in [0.29, 0.717) is 19.3 Å². The molecular weight excluding hydrogens is 336 g/mol. The largest absolute Gasteiger partial charge is 0.390 e. The Bertz CT molecular complexity index is 820. The van der Waals surface area contributed by atoms with Crippen LogP contribution in [0.15, 0.2) is 65.8 Å². The van der Waals surface area contributed by atoms with Gasteiger partial charge in [0.15, 0.2) is 0 Å². The van der Waals surface area contributed by atoms with Gasteiger partial charge in [0.1, 0.15) is 6.10 Å². The summed E-state index contributed by atoms with van der Waals surface area (Å²) < 4.78 is 26.2. The van der Waals surface area contributed by atoms with Crippen molar-refractivity contribution >= 4 is 15.7 Å². The fourth-order valence-corrected chi connectivity index (χ4v) is 3.78. The maximum absolute atomic E-state index is 11.8. The second kappa shape index (κ2) is 7.80. The predicted molar refractivity (Wildman–Crippen MR) is 99.0 cm³/mol. The van der Waals surface area contributed by atoms with Crippen LogP contribution in [0.1, 0.15) is 17.5 Å². The Balaban J connectivity index is 1.67. The van der Waals surface area contributed by atoms with Gasteiger partial charge in [0.2, 0.25) is 10.0 Å². The summed E-state index contributed by atoms with van der Waals surface area (Å²) in [6.45, 7) is 0. The molecule has 3 rings (SSSR count). The van der Waals surface area contributed by atoms with Gasteiger partial charge in [0.25, 0.3) is 0 Å². The van der Waals surface area contributed by atoms with Crippen LogP contribution in [0, 0.1) is 0 Å². The van der Waals surface area contributed by atoms with E-state index in [-0.39, 0.29) is 12.1 Å². The van der Waals surface area contributed by atoms with Crippen molar-refractivity contribution in [3.8, 4) is 0 Å². The number of oxime groups is 1. The van der Waals surface area contributed by atoms with E-state index in [2.05, 4.69) is 9.88 Å². The molecule has 0 spiro atoms. The monoisotopic (exact) mass is 358 g/mol. The predicted octanol–water partition coefficient (Wildman–Crippen LogP) is 2.53. The van der Waals surface area contributed by atoms with E-state index in [4.69, 9.17) is 4.84 Å². The molecule has 25 heavy (non-hydrogen) atoms. The van der Waals surface area contributed by atoms with Gasteiger partial charge in [-0.05, 0) is 17.5 Å². The molecule has 0 saturated heterocycles. The lowest BCUT2D eigenvalue weighted by Gasteiger charge is -2.22. The smallest absolute Gasteiger partial charge is 0.209 e. The molecule has 132 valence electrons. The standard InChI is InChI=1S/C19H22N2O3S/c1-25(22,23)21-18(13-16-10-6-3-7-11-16)19-14-17(20-24-19)12-15-8-4-2-5-9-15/h2-11,18-19,21H,12-14H2,1H3. The first-order valence-corrected chi connectivity index (χ1v) is 10.2. The minimum absolute atomic E-state index is 0.298. The maximum atomic E-state index is 11.8. The van der Waals surface area contributed by atoms with Crippen molar-refractivity contribution in [3.63, 3.8) is 0 Å². The minimum atomic E-state index is -3.34. The zero-order valence-electron chi connectivity index (χ0n) is 14.1. The third-order valence-corrected chi connectivity index (χ3v) is 4.85. The van der Waals surface area contributed by atoms with Crippen molar-refractivity contribution < 1.29 is 13.3 Å². The van der Waals surface area contributed by atoms with E-state index in [1.165, 1.54) is 11.8 Å². The van der Waals surface area contributed by atoms with Gasteiger partial charge in [0.05, 0.1) is 18.0 Å². The SMILES string of the molecule is CS(=O)(=O)NC(Cc1ccccc1)C1CC(Cc2ccccc2)=NO1. The summed E-state index contributed by atoms with van der Waals surface area (Å²) in [7, 11) is -3.34. The van der Waals surface area contributed by atoms with Crippen LogP contribution in [-0.2, 0) is 27.7 Å². The number of benzene rings is 2. The molecule has 1 aliphatic heterocycles. The minimum Gasteiger partial charge on any atom is -0.390 e. The van der Waals surface area contributed by atoms with Crippen LogP contribution in [-0.4, -0.2) is 32.5 Å². The molecular formula is C19H22N2O3S. The summed E-state index contributed by atoms with van der Waals surface area (Å²) in [5.74, 6) is 0. The summed E-state index contributed by atoms with van der Waals surface area (Å²) >= 11 is 0. The normalized spacial score (nSPS) is 18.4. The molecule has 0 bridgehead atoms. The summed E-state index contributed by atoms with van der Waals surface area (Å²) in [6, 6.07) is 19.5. The molecule has 2 atom stereocenters. The Kier molecular flexibility index (Phi) is 5.50. The third kappa shape index (κ3) is 5.41. The Labute approximate surface area is 148 Å². The summed E-state index contributed by atoms with van der Waals surface area (Å²) in [5.41, 5.74) is 3.16. The highest BCUT2D eigenvalue weighted by Gasteiger charge is 2.31. The molecule has 2 aromatic rings. The van der Waals surface area contributed by atoms with Crippen LogP contribution in [0.2, 0.25) is 0 Å². The first-order valence-electron chi connectivity index (χ1n) is 8.26. The molecule has 0 radical (unpaired) electrons. The fourth-order valence-electron chi connectivity index (χ4n) is 2.99. The van der Waals surface area contributed by atoms with Gasteiger partial charge in [-0.2, -0.15) is 0 Å². The molecule has 1 N–H and O–H groups in total. The maximum Gasteiger partial charge on any atom is 0.209 e. The first kappa shape index (κ1) is 17.6. The Hall–Kier alpha value is -2.18. The van der Waals surface area contributed by atoms with E-state index in [1.54, 1.807) is 0 Å². The lowest BCUT2D eigenvalue weighted by molar-refractivity contribution is 0.0615. The molecule has 0 aliphatic carbocycles.